The fraction of sp³-hybridized carbons (Fsp3) is 0.0625. The molecule has 3 aromatic rings. The number of carboxylic acids is 1. The van der Waals surface area contributed by atoms with Gasteiger partial charge in [0.1, 0.15) is 5.69 Å². The zero-order chi connectivity index (χ0) is 16.6. The van der Waals surface area contributed by atoms with E-state index in [2.05, 4.69) is 10.3 Å². The van der Waals surface area contributed by atoms with Crippen LogP contribution < -0.4 is 0 Å². The molecular formula is C16H11F2N3O2. The molecule has 116 valence electrons. The highest BCUT2D eigenvalue weighted by Gasteiger charge is 2.22. The summed E-state index contributed by atoms with van der Waals surface area (Å²) in [6.45, 7) is 1.91. The number of halogens is 2. The van der Waals surface area contributed by atoms with Gasteiger partial charge >= 0.3 is 5.97 Å². The second-order valence-electron chi connectivity index (χ2n) is 4.97. The van der Waals surface area contributed by atoms with Crippen LogP contribution in [0.25, 0.3) is 16.9 Å². The van der Waals surface area contributed by atoms with Crippen LogP contribution in [0.5, 0.6) is 0 Å². The Morgan fingerprint density at radius 2 is 1.78 bits per heavy atom. The first-order valence-electron chi connectivity index (χ1n) is 6.69. The van der Waals surface area contributed by atoms with Crippen LogP contribution in [0.1, 0.15) is 16.1 Å². The van der Waals surface area contributed by atoms with Crippen LogP contribution in [-0.2, 0) is 0 Å². The summed E-state index contributed by atoms with van der Waals surface area (Å²) in [6, 6.07) is 10.3. The largest absolute Gasteiger partial charge is 0.476 e. The van der Waals surface area contributed by atoms with E-state index in [9.17, 15) is 18.7 Å². The number of aromatic carboxylic acids is 1. The molecule has 1 N–H and O–H groups in total. The minimum Gasteiger partial charge on any atom is -0.476 e. The van der Waals surface area contributed by atoms with Crippen LogP contribution in [-0.4, -0.2) is 26.1 Å². The van der Waals surface area contributed by atoms with Gasteiger partial charge in [0.15, 0.2) is 17.3 Å². The highest BCUT2D eigenvalue weighted by Crippen LogP contribution is 2.27. The number of rotatable bonds is 3. The average molecular weight is 315 g/mol. The molecule has 0 spiro atoms. The van der Waals surface area contributed by atoms with Gasteiger partial charge in [0.05, 0.1) is 5.69 Å². The van der Waals surface area contributed by atoms with Crippen LogP contribution in [0.15, 0.2) is 42.5 Å². The maximum absolute atomic E-state index is 13.5. The molecule has 2 aromatic carbocycles. The molecule has 1 heterocycles. The van der Waals surface area contributed by atoms with Crippen molar-refractivity contribution < 1.29 is 18.7 Å². The lowest BCUT2D eigenvalue weighted by Gasteiger charge is -2.08. The van der Waals surface area contributed by atoms with E-state index in [1.807, 2.05) is 19.1 Å². The first-order chi connectivity index (χ1) is 11.0. The van der Waals surface area contributed by atoms with Crippen molar-refractivity contribution in [3.8, 4) is 16.9 Å². The van der Waals surface area contributed by atoms with Gasteiger partial charge in [0.25, 0.3) is 0 Å². The molecule has 23 heavy (non-hydrogen) atoms. The van der Waals surface area contributed by atoms with Crippen LogP contribution in [0.4, 0.5) is 8.78 Å². The van der Waals surface area contributed by atoms with E-state index in [-0.39, 0.29) is 17.0 Å². The molecule has 0 aliphatic heterocycles. The van der Waals surface area contributed by atoms with E-state index in [4.69, 9.17) is 0 Å². The number of hydrogen-bond acceptors (Lipinski definition) is 3. The summed E-state index contributed by atoms with van der Waals surface area (Å²) in [5.41, 5.74) is 1.50. The topological polar surface area (TPSA) is 68.0 Å². The number of carboxylic acid groups (broad SMARTS) is 1. The average Bonchev–Trinajstić information content (AvgIpc) is 2.96. The predicted octanol–water partition coefficient (Wildman–Crippen LogP) is 3.22. The van der Waals surface area contributed by atoms with Crippen molar-refractivity contribution in [2.24, 2.45) is 0 Å². The minimum absolute atomic E-state index is 0.0836. The highest BCUT2D eigenvalue weighted by atomic mass is 19.2. The Morgan fingerprint density at radius 3 is 2.39 bits per heavy atom. The van der Waals surface area contributed by atoms with Gasteiger partial charge in [0.2, 0.25) is 0 Å². The van der Waals surface area contributed by atoms with E-state index >= 15 is 0 Å². The molecule has 1 aromatic heterocycles. The first-order valence-corrected chi connectivity index (χ1v) is 6.69. The molecule has 0 unspecified atom stereocenters. The molecule has 0 aliphatic rings. The van der Waals surface area contributed by atoms with Crippen LogP contribution in [0, 0.1) is 18.6 Å². The van der Waals surface area contributed by atoms with Crippen molar-refractivity contribution in [3.63, 3.8) is 0 Å². The number of aromatic nitrogens is 3. The molecule has 3 rings (SSSR count). The maximum atomic E-state index is 13.5. The fourth-order valence-corrected chi connectivity index (χ4v) is 2.20. The Morgan fingerprint density at radius 1 is 1.09 bits per heavy atom. The van der Waals surface area contributed by atoms with Crippen molar-refractivity contribution >= 4 is 5.97 Å². The van der Waals surface area contributed by atoms with Gasteiger partial charge in [-0.05, 0) is 37.3 Å². The van der Waals surface area contributed by atoms with Crippen LogP contribution in [0.2, 0.25) is 0 Å². The third kappa shape index (κ3) is 2.68. The predicted molar refractivity (Wildman–Crippen MR) is 78.4 cm³/mol. The van der Waals surface area contributed by atoms with Crippen molar-refractivity contribution in [3.05, 3.63) is 65.4 Å². The fourth-order valence-electron chi connectivity index (χ4n) is 2.20. The minimum atomic E-state index is -1.30. The molecule has 0 bridgehead atoms. The van der Waals surface area contributed by atoms with Gasteiger partial charge in [-0.2, -0.15) is 0 Å². The van der Waals surface area contributed by atoms with Crippen molar-refractivity contribution in [2.75, 3.05) is 0 Å². The van der Waals surface area contributed by atoms with Crippen molar-refractivity contribution in [1.29, 1.82) is 0 Å². The van der Waals surface area contributed by atoms with Gasteiger partial charge < -0.3 is 5.11 Å². The van der Waals surface area contributed by atoms with E-state index in [0.29, 0.717) is 5.69 Å². The van der Waals surface area contributed by atoms with E-state index in [1.165, 1.54) is 10.7 Å². The molecule has 0 fully saturated rings. The van der Waals surface area contributed by atoms with Crippen LogP contribution in [0.3, 0.4) is 0 Å². The Labute approximate surface area is 129 Å². The Bertz CT molecular complexity index is 889. The first kappa shape index (κ1) is 14.8. The molecule has 0 saturated carbocycles. The Hall–Kier alpha value is -3.09. The van der Waals surface area contributed by atoms with E-state index in [1.54, 1.807) is 12.1 Å². The number of benzene rings is 2. The summed E-state index contributed by atoms with van der Waals surface area (Å²) in [7, 11) is 0. The molecule has 5 nitrogen and oxygen atoms in total. The van der Waals surface area contributed by atoms with Gasteiger partial charge in [0, 0.05) is 5.56 Å². The molecule has 0 radical (unpaired) electrons. The quantitative estimate of drug-likeness (QED) is 0.806. The van der Waals surface area contributed by atoms with Crippen molar-refractivity contribution in [2.45, 2.75) is 6.92 Å². The lowest BCUT2D eigenvalue weighted by atomic mass is 10.1. The molecule has 0 atom stereocenters. The van der Waals surface area contributed by atoms with E-state index < -0.39 is 17.6 Å². The van der Waals surface area contributed by atoms with Crippen molar-refractivity contribution in [1.82, 2.24) is 15.0 Å². The van der Waals surface area contributed by atoms with Gasteiger partial charge in [-0.3, -0.25) is 0 Å². The van der Waals surface area contributed by atoms with Gasteiger partial charge in [-0.1, -0.05) is 22.9 Å². The molecule has 7 heteroatoms. The molecule has 0 saturated heterocycles. The van der Waals surface area contributed by atoms with Crippen LogP contribution >= 0.6 is 0 Å². The van der Waals surface area contributed by atoms with E-state index in [0.717, 1.165) is 17.7 Å². The zero-order valence-electron chi connectivity index (χ0n) is 12.0. The zero-order valence-corrected chi connectivity index (χ0v) is 12.0. The summed E-state index contributed by atoms with van der Waals surface area (Å²) < 4.78 is 27.9. The number of aryl methyl sites for hydroxylation is 1. The summed E-state index contributed by atoms with van der Waals surface area (Å²) in [4.78, 5) is 11.4. The third-order valence-electron chi connectivity index (χ3n) is 3.34. The smallest absolute Gasteiger partial charge is 0.358 e. The monoisotopic (exact) mass is 315 g/mol. The lowest BCUT2D eigenvalue weighted by molar-refractivity contribution is 0.0691. The highest BCUT2D eigenvalue weighted by molar-refractivity contribution is 5.93. The molecular weight excluding hydrogens is 304 g/mol. The SMILES string of the molecule is Cc1ccc(-n2nnc(C(=O)O)c2-c2ccc(F)c(F)c2)cc1. The van der Waals surface area contributed by atoms with Gasteiger partial charge in [-0.15, -0.1) is 5.10 Å². The van der Waals surface area contributed by atoms with Gasteiger partial charge in [-0.25, -0.2) is 18.3 Å². The lowest BCUT2D eigenvalue weighted by Crippen LogP contribution is -2.03. The third-order valence-corrected chi connectivity index (χ3v) is 3.34. The Kier molecular flexibility index (Phi) is 3.61. The Balaban J connectivity index is 2.24. The number of nitrogens with zero attached hydrogens (tertiary/aromatic N) is 3. The number of hydrogen-bond donors (Lipinski definition) is 1. The normalized spacial score (nSPS) is 10.7. The second kappa shape index (κ2) is 5.60. The molecule has 0 amide bonds. The second-order valence-corrected chi connectivity index (χ2v) is 4.97. The maximum Gasteiger partial charge on any atom is 0.358 e. The summed E-state index contributed by atoms with van der Waals surface area (Å²) >= 11 is 0. The number of carbonyl (C=O) groups is 1. The summed E-state index contributed by atoms with van der Waals surface area (Å²) in [6.07, 6.45) is 0. The summed E-state index contributed by atoms with van der Waals surface area (Å²) in [5, 5.41) is 16.7. The molecule has 0 aliphatic carbocycles. The summed E-state index contributed by atoms with van der Waals surface area (Å²) in [5.74, 6) is -3.39. The standard InChI is InChI=1S/C16H11F2N3O2/c1-9-2-5-11(6-3-9)21-15(14(16(22)23)19-20-21)10-4-7-12(17)13(18)8-10/h2-8H,1H3,(H,22,23).